The molecule has 5 heteroatoms. The van der Waals surface area contributed by atoms with Gasteiger partial charge in [0, 0.05) is 56.1 Å². The molecule has 2 unspecified atom stereocenters. The largest absolute Gasteiger partial charge is 0.313 e. The van der Waals surface area contributed by atoms with Gasteiger partial charge in [-0.15, -0.1) is 0 Å². The summed E-state index contributed by atoms with van der Waals surface area (Å²) in [6.45, 7) is 2.35. The second-order valence-corrected chi connectivity index (χ2v) is 18.1. The molecule has 0 bridgehead atoms. The number of rotatable bonds is 8. The van der Waals surface area contributed by atoms with Gasteiger partial charge in [0.2, 0.25) is 0 Å². The molecule has 0 fully saturated rings. The zero-order chi connectivity index (χ0) is 45.8. The number of para-hydroxylation sites is 2. The van der Waals surface area contributed by atoms with Crippen LogP contribution in [0.15, 0.2) is 248 Å². The van der Waals surface area contributed by atoms with Crippen LogP contribution in [0.4, 0.5) is 11.4 Å². The lowest BCUT2D eigenvalue weighted by atomic mass is 9.83. The summed E-state index contributed by atoms with van der Waals surface area (Å²) in [4.78, 5) is 17.4. The van der Waals surface area contributed by atoms with Gasteiger partial charge in [0.1, 0.15) is 0 Å². The standard InChI is InChI=1S/C64H45N5/c1-42-17-13-32-60-61(42)56-41-50(49-33-35-58-55(40-49)54-30-11-12-31-57(54)68(58)52-27-9-4-10-28-52)34-36-59(56)69(60)53-29-16-25-48(39-53)46-23-14-22-45(37-46)47-24-15-26-51(38-47)64-66-62(43-18-5-2-6-19-43)65-63(67-64)44-20-7-3-8-21-44/h2-42,61H,1H3. The number of hydrogen-bond acceptors (Lipinski definition) is 4. The maximum absolute atomic E-state index is 5.01. The van der Waals surface area contributed by atoms with Gasteiger partial charge in [-0.3, -0.25) is 0 Å². The predicted octanol–water partition coefficient (Wildman–Crippen LogP) is 16.3. The molecule has 2 atom stereocenters. The number of hydrogen-bond donors (Lipinski definition) is 0. The van der Waals surface area contributed by atoms with Crippen LogP contribution in [-0.4, -0.2) is 19.5 Å². The second kappa shape index (κ2) is 16.7. The van der Waals surface area contributed by atoms with Crippen molar-refractivity contribution >= 4 is 33.2 Å². The van der Waals surface area contributed by atoms with Crippen molar-refractivity contribution in [3.63, 3.8) is 0 Å². The molecule has 1 aliphatic carbocycles. The van der Waals surface area contributed by atoms with Crippen molar-refractivity contribution in [2.75, 3.05) is 4.90 Å². The number of nitrogens with zero attached hydrogens (tertiary/aromatic N) is 5. The van der Waals surface area contributed by atoms with E-state index in [2.05, 4.69) is 198 Å². The first-order chi connectivity index (χ1) is 34.1. The maximum Gasteiger partial charge on any atom is 0.164 e. The molecule has 1 aliphatic heterocycles. The number of aromatic nitrogens is 4. The first-order valence-corrected chi connectivity index (χ1v) is 23.7. The Bertz CT molecular complexity index is 3760. The summed E-state index contributed by atoms with van der Waals surface area (Å²) >= 11 is 0. The van der Waals surface area contributed by atoms with Crippen molar-refractivity contribution in [2.45, 2.75) is 12.8 Å². The number of benzene rings is 9. The van der Waals surface area contributed by atoms with Crippen LogP contribution in [0, 0.1) is 5.92 Å². The highest BCUT2D eigenvalue weighted by Crippen LogP contribution is 2.53. The zero-order valence-electron chi connectivity index (χ0n) is 38.0. The molecule has 5 nitrogen and oxygen atoms in total. The summed E-state index contributed by atoms with van der Waals surface area (Å²) < 4.78 is 2.38. The molecule has 326 valence electrons. The van der Waals surface area contributed by atoms with Gasteiger partial charge in [0.15, 0.2) is 17.5 Å². The van der Waals surface area contributed by atoms with Gasteiger partial charge in [0.25, 0.3) is 0 Å². The van der Waals surface area contributed by atoms with Crippen LogP contribution in [0.3, 0.4) is 0 Å². The summed E-state index contributed by atoms with van der Waals surface area (Å²) in [5, 5.41) is 2.52. The van der Waals surface area contributed by atoms with Gasteiger partial charge in [-0.1, -0.05) is 177 Å². The Labute approximate surface area is 401 Å². The Hall–Kier alpha value is -8.93. The van der Waals surface area contributed by atoms with E-state index in [1.54, 1.807) is 0 Å². The van der Waals surface area contributed by atoms with Crippen LogP contribution in [0.5, 0.6) is 0 Å². The van der Waals surface area contributed by atoms with Crippen molar-refractivity contribution in [3.05, 3.63) is 254 Å². The van der Waals surface area contributed by atoms with Gasteiger partial charge in [0.05, 0.1) is 11.0 Å². The Morgan fingerprint density at radius 1 is 0.377 bits per heavy atom. The normalized spacial score (nSPS) is 15.0. The van der Waals surface area contributed by atoms with Gasteiger partial charge >= 0.3 is 0 Å². The minimum absolute atomic E-state index is 0.241. The van der Waals surface area contributed by atoms with Crippen LogP contribution in [0.1, 0.15) is 18.4 Å². The third-order valence-electron chi connectivity index (χ3n) is 13.9. The highest BCUT2D eigenvalue weighted by molar-refractivity contribution is 6.10. The van der Waals surface area contributed by atoms with E-state index >= 15 is 0 Å². The average molecular weight is 884 g/mol. The predicted molar refractivity (Wildman–Crippen MR) is 284 cm³/mol. The van der Waals surface area contributed by atoms with Crippen LogP contribution < -0.4 is 4.90 Å². The lowest BCUT2D eigenvalue weighted by molar-refractivity contribution is 0.618. The van der Waals surface area contributed by atoms with Crippen molar-refractivity contribution in [2.24, 2.45) is 5.92 Å². The van der Waals surface area contributed by atoms with E-state index in [1.165, 1.54) is 55.6 Å². The van der Waals surface area contributed by atoms with E-state index in [0.717, 1.165) is 44.6 Å². The molecule has 13 rings (SSSR count). The topological polar surface area (TPSA) is 46.8 Å². The van der Waals surface area contributed by atoms with Crippen LogP contribution in [0.2, 0.25) is 0 Å². The molecule has 11 aromatic rings. The third-order valence-corrected chi connectivity index (χ3v) is 13.9. The Morgan fingerprint density at radius 2 is 0.870 bits per heavy atom. The van der Waals surface area contributed by atoms with Crippen molar-refractivity contribution in [1.82, 2.24) is 19.5 Å². The first kappa shape index (κ1) is 40.4. The molecule has 9 aromatic carbocycles. The van der Waals surface area contributed by atoms with Crippen molar-refractivity contribution < 1.29 is 0 Å². The summed E-state index contributed by atoms with van der Waals surface area (Å²) in [5.74, 6) is 2.52. The Kier molecular flexibility index (Phi) is 9.79. The molecular formula is C64H45N5. The molecule has 0 N–H and O–H groups in total. The summed E-state index contributed by atoms with van der Waals surface area (Å²) in [6, 6.07) is 80.1. The fourth-order valence-corrected chi connectivity index (χ4v) is 10.6. The minimum atomic E-state index is 0.241. The zero-order valence-corrected chi connectivity index (χ0v) is 38.0. The van der Waals surface area contributed by atoms with Gasteiger partial charge in [-0.2, -0.15) is 0 Å². The van der Waals surface area contributed by atoms with Crippen LogP contribution >= 0.6 is 0 Å². The molecule has 3 heterocycles. The van der Waals surface area contributed by atoms with E-state index in [0.29, 0.717) is 23.4 Å². The van der Waals surface area contributed by atoms with Crippen LogP contribution in [0.25, 0.3) is 95.0 Å². The lowest BCUT2D eigenvalue weighted by Gasteiger charge is -2.27. The molecular weight excluding hydrogens is 839 g/mol. The van der Waals surface area contributed by atoms with Gasteiger partial charge in [-0.05, 0) is 118 Å². The fourth-order valence-electron chi connectivity index (χ4n) is 10.6. The molecule has 0 saturated carbocycles. The van der Waals surface area contributed by atoms with Crippen molar-refractivity contribution in [3.8, 4) is 73.2 Å². The first-order valence-electron chi connectivity index (χ1n) is 23.7. The van der Waals surface area contributed by atoms with Gasteiger partial charge < -0.3 is 9.47 Å². The maximum atomic E-state index is 5.01. The van der Waals surface area contributed by atoms with E-state index in [-0.39, 0.29) is 5.92 Å². The quantitative estimate of drug-likeness (QED) is 0.153. The van der Waals surface area contributed by atoms with Crippen LogP contribution in [-0.2, 0) is 0 Å². The number of allylic oxidation sites excluding steroid dienone is 4. The monoisotopic (exact) mass is 883 g/mol. The second-order valence-electron chi connectivity index (χ2n) is 18.1. The average Bonchev–Trinajstić information content (AvgIpc) is 3.94. The third kappa shape index (κ3) is 7.15. The van der Waals surface area contributed by atoms with E-state index < -0.39 is 0 Å². The molecule has 0 spiro atoms. The lowest BCUT2D eigenvalue weighted by Crippen LogP contribution is -2.18. The highest BCUT2D eigenvalue weighted by atomic mass is 15.2. The molecule has 0 radical (unpaired) electrons. The van der Waals surface area contributed by atoms with Crippen molar-refractivity contribution in [1.29, 1.82) is 0 Å². The smallest absolute Gasteiger partial charge is 0.164 e. The Morgan fingerprint density at radius 3 is 1.57 bits per heavy atom. The number of anilines is 2. The number of fused-ring (bicyclic) bond motifs is 6. The summed E-state index contributed by atoms with van der Waals surface area (Å²) in [7, 11) is 0. The fraction of sp³-hybridized carbons (Fsp3) is 0.0469. The molecule has 69 heavy (non-hydrogen) atoms. The Balaban J connectivity index is 0.844. The molecule has 2 aliphatic rings. The minimum Gasteiger partial charge on any atom is -0.313 e. The van der Waals surface area contributed by atoms with E-state index in [1.807, 2.05) is 60.7 Å². The van der Waals surface area contributed by atoms with E-state index in [9.17, 15) is 0 Å². The molecule has 0 amide bonds. The van der Waals surface area contributed by atoms with Gasteiger partial charge in [-0.25, -0.2) is 15.0 Å². The summed E-state index contributed by atoms with van der Waals surface area (Å²) in [6.07, 6.45) is 6.89. The molecule has 2 aromatic heterocycles. The SMILES string of the molecule is CC1C=CC=C2C1c1cc(-c3ccc4c(c3)c3ccccc3n4-c3ccccc3)ccc1N2c1cccc(-c2cccc(-c3cccc(-c4nc(-c5ccccc5)nc(-c5ccccc5)n4)c3)c2)c1. The summed E-state index contributed by atoms with van der Waals surface area (Å²) in [5.41, 5.74) is 18.5. The molecule has 0 saturated heterocycles. The highest BCUT2D eigenvalue weighted by Gasteiger charge is 2.38. The van der Waals surface area contributed by atoms with E-state index in [4.69, 9.17) is 15.0 Å².